The van der Waals surface area contributed by atoms with Gasteiger partial charge in [-0.05, 0) is 0 Å². The first-order chi connectivity index (χ1) is 7.18. The number of hydrogen-bond donors (Lipinski definition) is 2. The van der Waals surface area contributed by atoms with Crippen molar-refractivity contribution in [3.63, 3.8) is 0 Å². The largest absolute Gasteiger partial charge is 0.382 e. The molecular formula is C10H9F2N3. The zero-order valence-electron chi connectivity index (χ0n) is 7.74. The van der Waals surface area contributed by atoms with Crippen LogP contribution >= 0.6 is 0 Å². The van der Waals surface area contributed by atoms with Crippen LogP contribution in [-0.4, -0.2) is 10.2 Å². The van der Waals surface area contributed by atoms with E-state index in [-0.39, 0.29) is 11.4 Å². The third-order valence-corrected chi connectivity index (χ3v) is 2.08. The molecule has 15 heavy (non-hydrogen) atoms. The molecule has 1 aromatic heterocycles. The highest BCUT2D eigenvalue weighted by atomic mass is 19.3. The number of nitrogens with zero attached hydrogens (tertiary/aromatic N) is 1. The lowest BCUT2D eigenvalue weighted by molar-refractivity contribution is 0.152. The van der Waals surface area contributed by atoms with E-state index in [1.54, 1.807) is 18.2 Å². The second-order valence-electron chi connectivity index (χ2n) is 3.09. The average Bonchev–Trinajstić information content (AvgIpc) is 2.65. The normalized spacial score (nSPS) is 10.9. The van der Waals surface area contributed by atoms with Gasteiger partial charge < -0.3 is 5.73 Å². The van der Waals surface area contributed by atoms with Gasteiger partial charge in [-0.25, -0.2) is 8.78 Å². The van der Waals surface area contributed by atoms with Crippen LogP contribution in [0.1, 0.15) is 12.0 Å². The number of alkyl halides is 2. The highest BCUT2D eigenvalue weighted by Crippen LogP contribution is 2.30. The summed E-state index contributed by atoms with van der Waals surface area (Å²) in [5.41, 5.74) is 6.32. The van der Waals surface area contributed by atoms with Gasteiger partial charge in [-0.1, -0.05) is 24.3 Å². The van der Waals surface area contributed by atoms with Crippen molar-refractivity contribution in [2.75, 3.05) is 5.73 Å². The van der Waals surface area contributed by atoms with E-state index in [0.29, 0.717) is 11.3 Å². The predicted octanol–water partition coefficient (Wildman–Crippen LogP) is 2.60. The molecule has 3 nitrogen and oxygen atoms in total. The molecular weight excluding hydrogens is 200 g/mol. The maximum Gasteiger partial charge on any atom is 0.264 e. The molecule has 0 unspecified atom stereocenters. The van der Waals surface area contributed by atoms with Gasteiger partial charge in [0, 0.05) is 17.2 Å². The van der Waals surface area contributed by atoms with Gasteiger partial charge in [-0.2, -0.15) is 5.10 Å². The molecule has 0 saturated heterocycles. The fraction of sp³-hybridized carbons (Fsp3) is 0.100. The predicted molar refractivity (Wildman–Crippen MR) is 53.4 cm³/mol. The standard InChI is InChI=1S/C10H9F2N3/c11-10(12)7-4-2-1-3-6(7)8-5-9(13)15-14-8/h1-5,10H,(H3,13,14,15). The van der Waals surface area contributed by atoms with E-state index in [9.17, 15) is 8.78 Å². The van der Waals surface area contributed by atoms with Crippen molar-refractivity contribution < 1.29 is 8.78 Å². The highest BCUT2D eigenvalue weighted by molar-refractivity contribution is 5.66. The van der Waals surface area contributed by atoms with Gasteiger partial charge in [0.05, 0.1) is 5.69 Å². The monoisotopic (exact) mass is 209 g/mol. The summed E-state index contributed by atoms with van der Waals surface area (Å²) in [4.78, 5) is 0. The van der Waals surface area contributed by atoms with Crippen molar-refractivity contribution in [3.05, 3.63) is 35.9 Å². The maximum absolute atomic E-state index is 12.7. The molecule has 0 amide bonds. The van der Waals surface area contributed by atoms with E-state index in [4.69, 9.17) is 5.73 Å². The summed E-state index contributed by atoms with van der Waals surface area (Å²) in [6.07, 6.45) is -2.51. The quantitative estimate of drug-likeness (QED) is 0.798. The summed E-state index contributed by atoms with van der Waals surface area (Å²) >= 11 is 0. The van der Waals surface area contributed by atoms with Crippen molar-refractivity contribution in [2.45, 2.75) is 6.43 Å². The molecule has 0 radical (unpaired) electrons. The van der Waals surface area contributed by atoms with Gasteiger partial charge in [0.25, 0.3) is 6.43 Å². The molecule has 1 heterocycles. The van der Waals surface area contributed by atoms with E-state index < -0.39 is 6.43 Å². The molecule has 0 fully saturated rings. The van der Waals surface area contributed by atoms with Gasteiger partial charge in [-0.3, -0.25) is 5.10 Å². The number of nitrogens with one attached hydrogen (secondary N) is 1. The minimum absolute atomic E-state index is 0.0267. The van der Waals surface area contributed by atoms with E-state index in [2.05, 4.69) is 10.2 Å². The lowest BCUT2D eigenvalue weighted by atomic mass is 10.1. The number of rotatable bonds is 2. The number of nitrogens with two attached hydrogens (primary N) is 1. The van der Waals surface area contributed by atoms with E-state index >= 15 is 0 Å². The lowest BCUT2D eigenvalue weighted by Crippen LogP contribution is -1.89. The van der Waals surface area contributed by atoms with Crippen LogP contribution in [0.4, 0.5) is 14.6 Å². The highest BCUT2D eigenvalue weighted by Gasteiger charge is 2.14. The maximum atomic E-state index is 12.7. The number of nitrogen functional groups attached to an aromatic ring is 1. The minimum Gasteiger partial charge on any atom is -0.382 e. The van der Waals surface area contributed by atoms with Crippen molar-refractivity contribution in [3.8, 4) is 11.3 Å². The number of hydrogen-bond acceptors (Lipinski definition) is 2. The number of aromatic amines is 1. The summed E-state index contributed by atoms with van der Waals surface area (Å²) in [7, 11) is 0. The summed E-state index contributed by atoms with van der Waals surface area (Å²) in [5.74, 6) is 0.286. The van der Waals surface area contributed by atoms with E-state index in [0.717, 1.165) is 0 Å². The first kappa shape index (κ1) is 9.64. The van der Waals surface area contributed by atoms with Crippen LogP contribution in [0.3, 0.4) is 0 Å². The molecule has 5 heteroatoms. The lowest BCUT2D eigenvalue weighted by Gasteiger charge is -2.05. The Bertz CT molecular complexity index is 465. The van der Waals surface area contributed by atoms with Gasteiger partial charge in [0.15, 0.2) is 0 Å². The number of aromatic nitrogens is 2. The van der Waals surface area contributed by atoms with Crippen molar-refractivity contribution >= 4 is 5.82 Å². The van der Waals surface area contributed by atoms with Crippen LogP contribution in [0.25, 0.3) is 11.3 Å². The minimum atomic E-state index is -2.51. The smallest absolute Gasteiger partial charge is 0.264 e. The second kappa shape index (κ2) is 3.68. The van der Waals surface area contributed by atoms with Crippen LogP contribution in [0, 0.1) is 0 Å². The molecule has 0 atom stereocenters. The second-order valence-corrected chi connectivity index (χ2v) is 3.09. The Kier molecular flexibility index (Phi) is 2.37. The fourth-order valence-electron chi connectivity index (χ4n) is 1.41. The Morgan fingerprint density at radius 2 is 2.00 bits per heavy atom. The van der Waals surface area contributed by atoms with E-state index in [1.807, 2.05) is 0 Å². The summed E-state index contributed by atoms with van der Waals surface area (Å²) in [6.45, 7) is 0. The molecule has 0 spiro atoms. The molecule has 2 rings (SSSR count). The van der Waals surface area contributed by atoms with Crippen molar-refractivity contribution in [1.82, 2.24) is 10.2 Å². The Balaban J connectivity index is 2.52. The van der Waals surface area contributed by atoms with Crippen LogP contribution in [0.15, 0.2) is 30.3 Å². The third-order valence-electron chi connectivity index (χ3n) is 2.08. The Hall–Kier alpha value is -1.91. The molecule has 0 aliphatic carbocycles. The molecule has 0 saturated carbocycles. The summed E-state index contributed by atoms with van der Waals surface area (Å²) in [6, 6.07) is 7.79. The zero-order chi connectivity index (χ0) is 10.8. The number of halogens is 2. The van der Waals surface area contributed by atoms with Crippen LogP contribution in [0.5, 0.6) is 0 Å². The fourth-order valence-corrected chi connectivity index (χ4v) is 1.41. The van der Waals surface area contributed by atoms with E-state index in [1.165, 1.54) is 12.1 Å². The molecule has 0 aliphatic rings. The molecule has 3 N–H and O–H groups in total. The third kappa shape index (κ3) is 1.81. The zero-order valence-corrected chi connectivity index (χ0v) is 7.74. The SMILES string of the molecule is Nc1cc(-c2ccccc2C(F)F)[nH]n1. The Labute approximate surface area is 84.9 Å². The average molecular weight is 209 g/mol. The van der Waals surface area contributed by atoms with Gasteiger partial charge in [-0.15, -0.1) is 0 Å². The Morgan fingerprint density at radius 3 is 2.60 bits per heavy atom. The molecule has 1 aromatic carbocycles. The topological polar surface area (TPSA) is 54.7 Å². The van der Waals surface area contributed by atoms with Gasteiger partial charge in [0.1, 0.15) is 5.82 Å². The summed E-state index contributed by atoms with van der Waals surface area (Å²) < 4.78 is 25.3. The molecule has 78 valence electrons. The first-order valence-electron chi connectivity index (χ1n) is 4.37. The Morgan fingerprint density at radius 1 is 1.27 bits per heavy atom. The number of H-pyrrole nitrogens is 1. The van der Waals surface area contributed by atoms with Crippen molar-refractivity contribution in [1.29, 1.82) is 0 Å². The van der Waals surface area contributed by atoms with Crippen LogP contribution in [-0.2, 0) is 0 Å². The van der Waals surface area contributed by atoms with Crippen LogP contribution in [0.2, 0.25) is 0 Å². The van der Waals surface area contributed by atoms with Crippen LogP contribution < -0.4 is 5.73 Å². The summed E-state index contributed by atoms with van der Waals surface area (Å²) in [5, 5.41) is 6.31. The molecule has 0 aliphatic heterocycles. The van der Waals surface area contributed by atoms with Gasteiger partial charge in [0.2, 0.25) is 0 Å². The molecule has 2 aromatic rings. The first-order valence-corrected chi connectivity index (χ1v) is 4.37. The number of anilines is 1. The molecule has 0 bridgehead atoms. The van der Waals surface area contributed by atoms with Gasteiger partial charge >= 0.3 is 0 Å². The number of benzene rings is 1. The van der Waals surface area contributed by atoms with Crippen molar-refractivity contribution in [2.24, 2.45) is 0 Å².